The Kier molecular flexibility index (Phi) is 3.55. The summed E-state index contributed by atoms with van der Waals surface area (Å²) in [7, 11) is -2.08. The Hall–Kier alpha value is -2.84. The van der Waals surface area contributed by atoms with Crippen LogP contribution in [0.5, 0.6) is 0 Å². The standard InChI is InChI=1S/C15H12BNO6/c18-13-9-5-1-2-6-10(9)15(23-13,16(21)22)11-7-3-4-8-12(11)17-14(19)20/h1-8,17,21-22H,(H,19,20). The molecule has 3 rings (SSSR count). The highest BCUT2D eigenvalue weighted by molar-refractivity contribution is 6.47. The third kappa shape index (κ3) is 2.24. The maximum absolute atomic E-state index is 12.1. The zero-order valence-electron chi connectivity index (χ0n) is 11.8. The number of fused-ring (bicyclic) bond motifs is 1. The molecule has 1 unspecified atom stereocenters. The molecule has 2 aromatic rings. The van der Waals surface area contributed by atoms with Gasteiger partial charge in [0.25, 0.3) is 0 Å². The van der Waals surface area contributed by atoms with Crippen LogP contribution in [0.2, 0.25) is 0 Å². The summed E-state index contributed by atoms with van der Waals surface area (Å²) in [5.41, 5.74) is -1.20. The zero-order chi connectivity index (χ0) is 16.6. The van der Waals surface area contributed by atoms with Gasteiger partial charge in [-0.1, -0.05) is 36.4 Å². The third-order valence-electron chi connectivity index (χ3n) is 3.73. The van der Waals surface area contributed by atoms with E-state index in [1.54, 1.807) is 24.3 Å². The Balaban J connectivity index is 2.27. The average molecular weight is 313 g/mol. The number of para-hydroxylation sites is 1. The minimum absolute atomic E-state index is 0.0950. The molecule has 1 aliphatic heterocycles. The topological polar surface area (TPSA) is 116 Å². The second kappa shape index (κ2) is 5.42. The number of carbonyl (C=O) groups excluding carboxylic acids is 1. The highest BCUT2D eigenvalue weighted by Crippen LogP contribution is 2.45. The molecule has 0 saturated heterocycles. The lowest BCUT2D eigenvalue weighted by Crippen LogP contribution is -2.45. The van der Waals surface area contributed by atoms with Crippen LogP contribution in [-0.2, 0) is 10.2 Å². The molecule has 8 heteroatoms. The van der Waals surface area contributed by atoms with Crippen LogP contribution >= 0.6 is 0 Å². The van der Waals surface area contributed by atoms with Gasteiger partial charge in [-0.05, 0) is 12.1 Å². The van der Waals surface area contributed by atoms with Crippen LogP contribution in [0.3, 0.4) is 0 Å². The quantitative estimate of drug-likeness (QED) is 0.500. The number of carboxylic acid groups (broad SMARTS) is 1. The largest absolute Gasteiger partial charge is 0.508 e. The molecule has 0 radical (unpaired) electrons. The molecule has 0 aliphatic carbocycles. The second-order valence-electron chi connectivity index (χ2n) is 5.02. The molecule has 23 heavy (non-hydrogen) atoms. The summed E-state index contributed by atoms with van der Waals surface area (Å²) in [6.45, 7) is 0. The molecule has 116 valence electrons. The summed E-state index contributed by atoms with van der Waals surface area (Å²) in [4.78, 5) is 23.1. The van der Waals surface area contributed by atoms with Crippen LogP contribution in [0.25, 0.3) is 0 Å². The van der Waals surface area contributed by atoms with Crippen molar-refractivity contribution in [3.05, 3.63) is 65.2 Å². The predicted octanol–water partition coefficient (Wildman–Crippen LogP) is 1.20. The number of carbonyl (C=O) groups is 2. The van der Waals surface area contributed by atoms with Crippen molar-refractivity contribution < 1.29 is 29.5 Å². The average Bonchev–Trinajstić information content (AvgIpc) is 2.82. The Morgan fingerprint density at radius 2 is 1.65 bits per heavy atom. The predicted molar refractivity (Wildman–Crippen MR) is 80.9 cm³/mol. The third-order valence-corrected chi connectivity index (χ3v) is 3.73. The molecule has 2 aromatic carbocycles. The number of ether oxygens (including phenoxy) is 1. The van der Waals surface area contributed by atoms with E-state index in [9.17, 15) is 19.6 Å². The summed E-state index contributed by atoms with van der Waals surface area (Å²) in [5, 5.41) is 31.1. The first-order chi connectivity index (χ1) is 11.0. The molecule has 7 nitrogen and oxygen atoms in total. The number of hydrogen-bond acceptors (Lipinski definition) is 5. The van der Waals surface area contributed by atoms with Crippen molar-refractivity contribution in [2.45, 2.75) is 5.50 Å². The van der Waals surface area contributed by atoms with Crippen LogP contribution in [0.4, 0.5) is 10.5 Å². The van der Waals surface area contributed by atoms with E-state index in [1.165, 1.54) is 24.3 Å². The van der Waals surface area contributed by atoms with Gasteiger partial charge >= 0.3 is 19.2 Å². The lowest BCUT2D eigenvalue weighted by atomic mass is 9.60. The summed E-state index contributed by atoms with van der Waals surface area (Å²) in [6.07, 6.45) is -1.32. The zero-order valence-corrected chi connectivity index (χ0v) is 11.8. The number of hydrogen-bond donors (Lipinski definition) is 4. The van der Waals surface area contributed by atoms with Crippen molar-refractivity contribution in [2.24, 2.45) is 0 Å². The van der Waals surface area contributed by atoms with Crippen LogP contribution in [-0.4, -0.2) is 34.3 Å². The Morgan fingerprint density at radius 1 is 1.04 bits per heavy atom. The van der Waals surface area contributed by atoms with E-state index in [4.69, 9.17) is 9.84 Å². The van der Waals surface area contributed by atoms with E-state index in [0.29, 0.717) is 0 Å². The Labute approximate surface area is 131 Å². The van der Waals surface area contributed by atoms with Gasteiger partial charge in [0.2, 0.25) is 5.50 Å². The Morgan fingerprint density at radius 3 is 2.30 bits per heavy atom. The number of amides is 1. The van der Waals surface area contributed by atoms with Crippen LogP contribution < -0.4 is 5.32 Å². The fourth-order valence-electron chi connectivity index (χ4n) is 2.80. The van der Waals surface area contributed by atoms with Gasteiger partial charge in [0, 0.05) is 11.1 Å². The van der Waals surface area contributed by atoms with Crippen molar-refractivity contribution in [3.63, 3.8) is 0 Å². The Bertz CT molecular complexity index is 793. The van der Waals surface area contributed by atoms with Gasteiger partial charge in [-0.2, -0.15) is 0 Å². The first kappa shape index (κ1) is 15.1. The smallest absolute Gasteiger partial charge is 0.465 e. The monoisotopic (exact) mass is 313 g/mol. The molecule has 0 spiro atoms. The maximum Gasteiger partial charge on any atom is 0.508 e. The van der Waals surface area contributed by atoms with Gasteiger partial charge in [-0.25, -0.2) is 9.59 Å². The van der Waals surface area contributed by atoms with Gasteiger partial charge in [-0.3, -0.25) is 5.32 Å². The molecule has 0 fully saturated rings. The maximum atomic E-state index is 12.1. The first-order valence-corrected chi connectivity index (χ1v) is 6.75. The number of rotatable bonds is 3. The van der Waals surface area contributed by atoms with Crippen LogP contribution in [0.1, 0.15) is 21.5 Å². The van der Waals surface area contributed by atoms with Crippen LogP contribution in [0.15, 0.2) is 48.5 Å². The highest BCUT2D eigenvalue weighted by atomic mass is 16.6. The molecule has 0 bridgehead atoms. The van der Waals surface area contributed by atoms with E-state index in [1.807, 2.05) is 0 Å². The lowest BCUT2D eigenvalue weighted by Gasteiger charge is -2.30. The van der Waals surface area contributed by atoms with Gasteiger partial charge < -0.3 is 19.9 Å². The lowest BCUT2D eigenvalue weighted by molar-refractivity contribution is 0.0265. The van der Waals surface area contributed by atoms with Crippen molar-refractivity contribution >= 4 is 24.9 Å². The van der Waals surface area contributed by atoms with Gasteiger partial charge in [0.15, 0.2) is 0 Å². The van der Waals surface area contributed by atoms with Gasteiger partial charge in [0.1, 0.15) is 0 Å². The molecule has 1 heterocycles. The summed E-state index contributed by atoms with van der Waals surface area (Å²) < 4.78 is 5.32. The van der Waals surface area contributed by atoms with Crippen molar-refractivity contribution in [1.82, 2.24) is 0 Å². The molecule has 0 aromatic heterocycles. The number of cyclic esters (lactones) is 1. The molecule has 1 aliphatic rings. The van der Waals surface area contributed by atoms with E-state index in [-0.39, 0.29) is 22.4 Å². The number of esters is 1. The molecule has 4 N–H and O–H groups in total. The van der Waals surface area contributed by atoms with Crippen molar-refractivity contribution in [2.75, 3.05) is 5.32 Å². The normalized spacial score (nSPS) is 19.0. The van der Waals surface area contributed by atoms with Crippen molar-refractivity contribution in [3.8, 4) is 0 Å². The second-order valence-corrected chi connectivity index (χ2v) is 5.02. The van der Waals surface area contributed by atoms with E-state index < -0.39 is 24.7 Å². The molecular weight excluding hydrogens is 301 g/mol. The van der Waals surface area contributed by atoms with E-state index in [0.717, 1.165) is 0 Å². The molecule has 1 amide bonds. The van der Waals surface area contributed by atoms with E-state index >= 15 is 0 Å². The van der Waals surface area contributed by atoms with Gasteiger partial charge in [0.05, 0.1) is 11.3 Å². The molecule has 1 atom stereocenters. The summed E-state index contributed by atoms with van der Waals surface area (Å²) in [6, 6.07) is 12.4. The van der Waals surface area contributed by atoms with Crippen molar-refractivity contribution in [1.29, 1.82) is 0 Å². The number of benzene rings is 2. The molecule has 0 saturated carbocycles. The number of nitrogens with one attached hydrogen (secondary N) is 1. The van der Waals surface area contributed by atoms with E-state index in [2.05, 4.69) is 5.32 Å². The fourth-order valence-corrected chi connectivity index (χ4v) is 2.80. The van der Waals surface area contributed by atoms with Crippen LogP contribution in [0, 0.1) is 0 Å². The SMILES string of the molecule is O=C(O)Nc1ccccc1C1(B(O)O)OC(=O)c2ccccc21. The minimum atomic E-state index is -2.08. The van der Waals surface area contributed by atoms with Gasteiger partial charge in [-0.15, -0.1) is 0 Å². The first-order valence-electron chi connectivity index (χ1n) is 6.75. The minimum Gasteiger partial charge on any atom is -0.465 e. The highest BCUT2D eigenvalue weighted by Gasteiger charge is 2.56. The molecular formula is C15H12BNO6. The summed E-state index contributed by atoms with van der Waals surface area (Å²) in [5.74, 6) is -0.709. The summed E-state index contributed by atoms with van der Waals surface area (Å²) >= 11 is 0. The number of anilines is 1. The fraction of sp³-hybridized carbons (Fsp3) is 0.0667.